The largest absolute Gasteiger partial charge is 0.489 e. The highest BCUT2D eigenvalue weighted by Gasteiger charge is 2.26. The molecule has 1 aliphatic heterocycles. The summed E-state index contributed by atoms with van der Waals surface area (Å²) in [5, 5.41) is 0. The maximum Gasteiger partial charge on any atom is 0.397 e. The van der Waals surface area contributed by atoms with Gasteiger partial charge in [0, 0.05) is 13.1 Å². The van der Waals surface area contributed by atoms with Gasteiger partial charge < -0.3 is 14.4 Å². The van der Waals surface area contributed by atoms with Gasteiger partial charge in [-0.25, -0.2) is 9.18 Å². The molecule has 1 aliphatic rings. The fourth-order valence-corrected chi connectivity index (χ4v) is 2.91. The van der Waals surface area contributed by atoms with Crippen LogP contribution in [-0.4, -0.2) is 29.9 Å². The molecule has 0 unspecified atom stereocenters. The van der Waals surface area contributed by atoms with Gasteiger partial charge in [0.2, 0.25) is 0 Å². The predicted octanol–water partition coefficient (Wildman–Crippen LogP) is 2.85. The van der Waals surface area contributed by atoms with Gasteiger partial charge in [-0.05, 0) is 54.3 Å². The first-order valence-corrected chi connectivity index (χ1v) is 8.52. The second-order valence-electron chi connectivity index (χ2n) is 6.05. The Hall–Kier alpha value is -2.89. The van der Waals surface area contributed by atoms with Gasteiger partial charge in [0.15, 0.2) is 0 Å². The second kappa shape index (κ2) is 7.99. The molecule has 0 aromatic heterocycles. The van der Waals surface area contributed by atoms with Crippen molar-refractivity contribution in [3.05, 3.63) is 65.0 Å². The maximum atomic E-state index is 13.2. The zero-order valence-electron chi connectivity index (χ0n) is 14.5. The van der Waals surface area contributed by atoms with E-state index in [1.165, 1.54) is 17.0 Å². The van der Waals surface area contributed by atoms with Crippen LogP contribution in [0, 0.1) is 5.82 Å². The third kappa shape index (κ3) is 4.20. The average molecular weight is 357 g/mol. The Morgan fingerprint density at radius 2 is 2.00 bits per heavy atom. The lowest BCUT2D eigenvalue weighted by Crippen LogP contribution is -2.40. The minimum absolute atomic E-state index is 0.182. The minimum Gasteiger partial charge on any atom is -0.489 e. The second-order valence-corrected chi connectivity index (χ2v) is 6.05. The molecule has 0 saturated carbocycles. The van der Waals surface area contributed by atoms with Gasteiger partial charge in [-0.15, -0.1) is 0 Å². The highest BCUT2D eigenvalue weighted by Crippen LogP contribution is 2.24. The summed E-state index contributed by atoms with van der Waals surface area (Å²) >= 11 is 0. The Balaban J connectivity index is 1.63. The lowest BCUT2D eigenvalue weighted by atomic mass is 9.99. The Bertz CT molecular complexity index is 821. The molecule has 0 fully saturated rings. The van der Waals surface area contributed by atoms with Crippen molar-refractivity contribution in [3.8, 4) is 5.75 Å². The number of fused-ring (bicyclic) bond motifs is 1. The van der Waals surface area contributed by atoms with Crippen LogP contribution in [0.4, 0.5) is 4.39 Å². The molecule has 0 N–H and O–H groups in total. The summed E-state index contributed by atoms with van der Waals surface area (Å²) in [5.41, 5.74) is 2.82. The first-order chi connectivity index (χ1) is 12.6. The van der Waals surface area contributed by atoms with Crippen LogP contribution in [0.25, 0.3) is 0 Å². The summed E-state index contributed by atoms with van der Waals surface area (Å²) in [6.45, 7) is 2.96. The number of benzene rings is 2. The van der Waals surface area contributed by atoms with E-state index in [4.69, 9.17) is 9.47 Å². The normalized spacial score (nSPS) is 13.1. The predicted molar refractivity (Wildman–Crippen MR) is 92.9 cm³/mol. The Labute approximate surface area is 151 Å². The monoisotopic (exact) mass is 357 g/mol. The van der Waals surface area contributed by atoms with Gasteiger partial charge >= 0.3 is 11.9 Å². The number of ether oxygens (including phenoxy) is 2. The summed E-state index contributed by atoms with van der Waals surface area (Å²) in [4.78, 5) is 25.1. The maximum absolute atomic E-state index is 13.2. The molecule has 3 rings (SSSR count). The van der Waals surface area contributed by atoms with Crippen molar-refractivity contribution in [3.63, 3.8) is 0 Å². The quantitative estimate of drug-likeness (QED) is 0.624. The van der Waals surface area contributed by atoms with Crippen molar-refractivity contribution in [1.82, 2.24) is 4.90 Å². The zero-order valence-corrected chi connectivity index (χ0v) is 14.5. The fourth-order valence-electron chi connectivity index (χ4n) is 2.91. The fraction of sp³-hybridized carbons (Fsp3) is 0.300. The van der Waals surface area contributed by atoms with E-state index in [1.54, 1.807) is 19.1 Å². The molecule has 0 saturated heterocycles. The van der Waals surface area contributed by atoms with Crippen molar-refractivity contribution in [1.29, 1.82) is 0 Å². The van der Waals surface area contributed by atoms with Gasteiger partial charge in [0.05, 0.1) is 6.61 Å². The highest BCUT2D eigenvalue weighted by molar-refractivity contribution is 6.32. The van der Waals surface area contributed by atoms with Crippen LogP contribution in [0.15, 0.2) is 42.5 Å². The van der Waals surface area contributed by atoms with E-state index in [9.17, 15) is 14.0 Å². The van der Waals surface area contributed by atoms with Crippen LogP contribution in [0.2, 0.25) is 0 Å². The van der Waals surface area contributed by atoms with E-state index in [0.717, 1.165) is 16.7 Å². The average Bonchev–Trinajstić information content (AvgIpc) is 2.65. The molecular formula is C20H20FNO4. The number of rotatable bonds is 4. The number of halogens is 1. The number of hydrogen-bond donors (Lipinski definition) is 0. The molecule has 26 heavy (non-hydrogen) atoms. The van der Waals surface area contributed by atoms with Crippen molar-refractivity contribution in [2.75, 3.05) is 13.2 Å². The molecule has 0 radical (unpaired) electrons. The minimum atomic E-state index is -0.814. The van der Waals surface area contributed by atoms with E-state index < -0.39 is 11.9 Å². The summed E-state index contributed by atoms with van der Waals surface area (Å²) in [6.07, 6.45) is 0.637. The standard InChI is InChI=1S/C20H20FNO4/c1-2-25-20(24)19(23)22-9-8-15-11-18(7-6-16(15)12-22)26-13-14-4-3-5-17(21)10-14/h3-7,10-11H,2,8-9,12-13H2,1H3. The lowest BCUT2D eigenvalue weighted by molar-refractivity contribution is -0.160. The molecular weight excluding hydrogens is 337 g/mol. The van der Waals surface area contributed by atoms with Crippen LogP contribution in [0.5, 0.6) is 5.75 Å². The number of carbonyl (C=O) groups excluding carboxylic acids is 2. The van der Waals surface area contributed by atoms with Gasteiger partial charge in [-0.2, -0.15) is 0 Å². The topological polar surface area (TPSA) is 55.8 Å². The summed E-state index contributed by atoms with van der Waals surface area (Å²) < 4.78 is 23.7. The molecule has 1 heterocycles. The number of esters is 1. The number of amides is 1. The van der Waals surface area contributed by atoms with Crippen molar-refractivity contribution in [2.45, 2.75) is 26.5 Å². The van der Waals surface area contributed by atoms with Gasteiger partial charge in [-0.3, -0.25) is 4.79 Å². The molecule has 2 aromatic rings. The van der Waals surface area contributed by atoms with E-state index in [1.807, 2.05) is 18.2 Å². The molecule has 0 spiro atoms. The number of nitrogens with zero attached hydrogens (tertiary/aromatic N) is 1. The molecule has 6 heteroatoms. The van der Waals surface area contributed by atoms with Gasteiger partial charge in [0.1, 0.15) is 18.2 Å². The molecule has 0 bridgehead atoms. The van der Waals surface area contributed by atoms with Crippen LogP contribution >= 0.6 is 0 Å². The zero-order chi connectivity index (χ0) is 18.5. The van der Waals surface area contributed by atoms with Crippen molar-refractivity contribution < 1.29 is 23.5 Å². The third-order valence-electron chi connectivity index (χ3n) is 4.22. The van der Waals surface area contributed by atoms with E-state index in [-0.39, 0.29) is 19.0 Å². The first-order valence-electron chi connectivity index (χ1n) is 8.52. The smallest absolute Gasteiger partial charge is 0.397 e. The summed E-state index contributed by atoms with van der Waals surface area (Å²) in [5.74, 6) is -1.02. The summed E-state index contributed by atoms with van der Waals surface area (Å²) in [7, 11) is 0. The van der Waals surface area contributed by atoms with Crippen LogP contribution in [0.3, 0.4) is 0 Å². The third-order valence-corrected chi connectivity index (χ3v) is 4.22. The van der Waals surface area contributed by atoms with E-state index in [2.05, 4.69) is 0 Å². The molecule has 0 aliphatic carbocycles. The Morgan fingerprint density at radius 1 is 1.15 bits per heavy atom. The molecule has 5 nitrogen and oxygen atoms in total. The number of carbonyl (C=O) groups is 2. The Kier molecular flexibility index (Phi) is 5.51. The van der Waals surface area contributed by atoms with Crippen LogP contribution in [-0.2, 0) is 33.9 Å². The molecule has 0 atom stereocenters. The first kappa shape index (κ1) is 17.9. The van der Waals surface area contributed by atoms with Crippen molar-refractivity contribution in [2.24, 2.45) is 0 Å². The van der Waals surface area contributed by atoms with E-state index >= 15 is 0 Å². The number of hydrogen-bond acceptors (Lipinski definition) is 4. The molecule has 1 amide bonds. The Morgan fingerprint density at radius 3 is 2.77 bits per heavy atom. The van der Waals surface area contributed by atoms with Crippen LogP contribution < -0.4 is 4.74 Å². The highest BCUT2D eigenvalue weighted by atomic mass is 19.1. The lowest BCUT2D eigenvalue weighted by Gasteiger charge is -2.28. The molecule has 136 valence electrons. The summed E-state index contributed by atoms with van der Waals surface area (Å²) in [6, 6.07) is 11.9. The van der Waals surface area contributed by atoms with E-state index in [0.29, 0.717) is 25.3 Å². The van der Waals surface area contributed by atoms with Crippen LogP contribution in [0.1, 0.15) is 23.6 Å². The molecule has 2 aromatic carbocycles. The van der Waals surface area contributed by atoms with Gasteiger partial charge in [0.25, 0.3) is 0 Å². The SMILES string of the molecule is CCOC(=O)C(=O)N1CCc2cc(OCc3cccc(F)c3)ccc2C1. The van der Waals surface area contributed by atoms with Crippen molar-refractivity contribution >= 4 is 11.9 Å². The van der Waals surface area contributed by atoms with Gasteiger partial charge in [-0.1, -0.05) is 18.2 Å².